The molecule has 0 spiro atoms. The zero-order valence-corrected chi connectivity index (χ0v) is 12.9. The van der Waals surface area contributed by atoms with Gasteiger partial charge in [-0.05, 0) is 31.9 Å². The van der Waals surface area contributed by atoms with Gasteiger partial charge in [0, 0.05) is 25.8 Å². The Labute approximate surface area is 130 Å². The average Bonchev–Trinajstić information content (AvgIpc) is 3.05. The van der Waals surface area contributed by atoms with Gasteiger partial charge in [-0.25, -0.2) is 0 Å². The number of carbonyl (C=O) groups excluding carboxylic acids is 2. The van der Waals surface area contributed by atoms with Crippen LogP contribution in [0.4, 0.5) is 0 Å². The van der Waals surface area contributed by atoms with Crippen molar-refractivity contribution in [2.45, 2.75) is 38.3 Å². The van der Waals surface area contributed by atoms with E-state index in [4.69, 9.17) is 0 Å². The number of rotatable bonds is 3. The second-order valence-corrected chi connectivity index (χ2v) is 5.89. The summed E-state index contributed by atoms with van der Waals surface area (Å²) in [6.07, 6.45) is 4.69. The van der Waals surface area contributed by atoms with E-state index in [1.54, 1.807) is 11.0 Å². The Morgan fingerprint density at radius 1 is 1.45 bits per heavy atom. The molecule has 2 N–H and O–H groups in total. The second-order valence-electron chi connectivity index (χ2n) is 5.89. The number of nitrogens with one attached hydrogen (secondary N) is 2. The van der Waals surface area contributed by atoms with Gasteiger partial charge in [0.2, 0.25) is 5.91 Å². The molecule has 0 bridgehead atoms. The maximum Gasteiger partial charge on any atom is 0.275 e. The summed E-state index contributed by atoms with van der Waals surface area (Å²) in [6, 6.07) is 1.68. The molecule has 2 fully saturated rings. The highest BCUT2D eigenvalue weighted by molar-refractivity contribution is 5.96. The van der Waals surface area contributed by atoms with Gasteiger partial charge in [-0.3, -0.25) is 14.3 Å². The normalized spacial score (nSPS) is 25.9. The van der Waals surface area contributed by atoms with E-state index in [0.717, 1.165) is 25.9 Å². The van der Waals surface area contributed by atoms with Crippen molar-refractivity contribution in [3.8, 4) is 0 Å². The minimum Gasteiger partial charge on any atom is -0.353 e. The van der Waals surface area contributed by atoms with Crippen molar-refractivity contribution < 1.29 is 9.59 Å². The molecule has 2 saturated heterocycles. The van der Waals surface area contributed by atoms with Gasteiger partial charge in [-0.15, -0.1) is 0 Å². The van der Waals surface area contributed by atoms with Crippen molar-refractivity contribution in [3.05, 3.63) is 18.0 Å². The first kappa shape index (κ1) is 15.0. The number of carbonyl (C=O) groups is 2. The lowest BCUT2D eigenvalue weighted by atomic mass is 10.1. The molecule has 2 amide bonds. The number of nitrogens with zero attached hydrogens (tertiary/aromatic N) is 3. The van der Waals surface area contributed by atoms with Gasteiger partial charge in [-0.1, -0.05) is 6.92 Å². The highest BCUT2D eigenvalue weighted by Crippen LogP contribution is 2.17. The summed E-state index contributed by atoms with van der Waals surface area (Å²) in [6.45, 7) is 4.90. The lowest BCUT2D eigenvalue weighted by molar-refractivity contribution is -0.127. The van der Waals surface area contributed by atoms with Crippen molar-refractivity contribution in [1.82, 2.24) is 25.3 Å². The number of hydrogen-bond acceptors (Lipinski definition) is 4. The third kappa shape index (κ3) is 2.85. The fourth-order valence-electron chi connectivity index (χ4n) is 3.23. The Morgan fingerprint density at radius 2 is 2.32 bits per heavy atom. The van der Waals surface area contributed by atoms with Crippen molar-refractivity contribution in [2.24, 2.45) is 0 Å². The van der Waals surface area contributed by atoms with Gasteiger partial charge in [0.1, 0.15) is 11.7 Å². The minimum atomic E-state index is -0.386. The van der Waals surface area contributed by atoms with Crippen molar-refractivity contribution in [2.75, 3.05) is 26.2 Å². The van der Waals surface area contributed by atoms with Crippen LogP contribution in [0, 0.1) is 0 Å². The van der Waals surface area contributed by atoms with Crippen LogP contribution in [-0.4, -0.2) is 58.7 Å². The SMILES string of the molecule is CC[C@@H]1C(=O)NCCN1C(=O)c1ccn([C@@H]2CCCNC2)n1. The van der Waals surface area contributed by atoms with Crippen LogP contribution in [0.1, 0.15) is 42.7 Å². The molecule has 7 nitrogen and oxygen atoms in total. The molecule has 22 heavy (non-hydrogen) atoms. The van der Waals surface area contributed by atoms with E-state index < -0.39 is 0 Å². The van der Waals surface area contributed by atoms with E-state index in [1.165, 1.54) is 0 Å². The van der Waals surface area contributed by atoms with E-state index >= 15 is 0 Å². The van der Waals surface area contributed by atoms with E-state index in [1.807, 2.05) is 17.8 Å². The first-order valence-corrected chi connectivity index (χ1v) is 8.05. The molecule has 2 atom stereocenters. The zero-order valence-electron chi connectivity index (χ0n) is 12.9. The first-order valence-electron chi connectivity index (χ1n) is 8.05. The summed E-state index contributed by atoms with van der Waals surface area (Å²) in [5.74, 6) is -0.220. The van der Waals surface area contributed by atoms with Gasteiger partial charge in [0.25, 0.3) is 5.91 Å². The smallest absolute Gasteiger partial charge is 0.275 e. The molecule has 0 unspecified atom stereocenters. The fourth-order valence-corrected chi connectivity index (χ4v) is 3.23. The average molecular weight is 305 g/mol. The number of piperazine rings is 1. The Kier molecular flexibility index (Phi) is 4.42. The van der Waals surface area contributed by atoms with Crippen molar-refractivity contribution in [1.29, 1.82) is 0 Å². The molecule has 2 aliphatic rings. The van der Waals surface area contributed by atoms with Crippen LogP contribution >= 0.6 is 0 Å². The molecule has 0 aliphatic carbocycles. The molecule has 3 heterocycles. The molecule has 0 aromatic carbocycles. The number of aromatic nitrogens is 2. The van der Waals surface area contributed by atoms with E-state index in [2.05, 4.69) is 15.7 Å². The number of hydrogen-bond donors (Lipinski definition) is 2. The lowest BCUT2D eigenvalue weighted by Crippen LogP contribution is -2.57. The summed E-state index contributed by atoms with van der Waals surface area (Å²) in [5.41, 5.74) is 0.429. The Bertz CT molecular complexity index is 550. The maximum absolute atomic E-state index is 12.7. The fraction of sp³-hybridized carbons (Fsp3) is 0.667. The van der Waals surface area contributed by atoms with Crippen molar-refractivity contribution >= 4 is 11.8 Å². The van der Waals surface area contributed by atoms with Gasteiger partial charge in [-0.2, -0.15) is 5.10 Å². The molecule has 7 heteroatoms. The molecule has 120 valence electrons. The predicted octanol–water partition coefficient (Wildman–Crippen LogP) is 0.158. The summed E-state index contributed by atoms with van der Waals surface area (Å²) in [4.78, 5) is 26.2. The van der Waals surface area contributed by atoms with Crippen LogP contribution in [0.25, 0.3) is 0 Å². The molecular formula is C15H23N5O2. The van der Waals surface area contributed by atoms with Crippen LogP contribution in [0.2, 0.25) is 0 Å². The standard InChI is InChI=1S/C15H23N5O2/c1-2-13-14(21)17-7-9-19(13)15(22)12-5-8-20(18-12)11-4-3-6-16-10-11/h5,8,11,13,16H,2-4,6-7,9-10H2,1H3,(H,17,21)/t11-,13-/m1/s1. The van der Waals surface area contributed by atoms with E-state index in [9.17, 15) is 9.59 Å². The highest BCUT2D eigenvalue weighted by atomic mass is 16.2. The molecule has 1 aromatic heterocycles. The van der Waals surface area contributed by atoms with Crippen LogP contribution < -0.4 is 10.6 Å². The van der Waals surface area contributed by atoms with Gasteiger partial charge < -0.3 is 15.5 Å². The number of amides is 2. The number of piperidine rings is 1. The monoisotopic (exact) mass is 305 g/mol. The zero-order chi connectivity index (χ0) is 15.5. The quantitative estimate of drug-likeness (QED) is 0.834. The summed E-state index contributed by atoms with van der Waals surface area (Å²) >= 11 is 0. The summed E-state index contributed by atoms with van der Waals surface area (Å²) in [5, 5.41) is 10.6. The molecular weight excluding hydrogens is 282 g/mol. The van der Waals surface area contributed by atoms with Gasteiger partial charge in [0.15, 0.2) is 0 Å². The van der Waals surface area contributed by atoms with Crippen LogP contribution in [0.5, 0.6) is 0 Å². The topological polar surface area (TPSA) is 79.3 Å². The highest BCUT2D eigenvalue weighted by Gasteiger charge is 2.33. The molecule has 3 rings (SSSR count). The third-order valence-electron chi connectivity index (χ3n) is 4.45. The Morgan fingerprint density at radius 3 is 3.05 bits per heavy atom. The minimum absolute atomic E-state index is 0.0713. The van der Waals surface area contributed by atoms with E-state index in [0.29, 0.717) is 31.2 Å². The summed E-state index contributed by atoms with van der Waals surface area (Å²) < 4.78 is 1.88. The van der Waals surface area contributed by atoms with Crippen LogP contribution in [0.15, 0.2) is 12.3 Å². The Balaban J connectivity index is 1.74. The van der Waals surface area contributed by atoms with Crippen LogP contribution in [-0.2, 0) is 4.79 Å². The Hall–Kier alpha value is -1.89. The first-order chi connectivity index (χ1) is 10.7. The maximum atomic E-state index is 12.7. The molecule has 2 aliphatic heterocycles. The third-order valence-corrected chi connectivity index (χ3v) is 4.45. The molecule has 0 radical (unpaired) electrons. The van der Waals surface area contributed by atoms with E-state index in [-0.39, 0.29) is 17.9 Å². The summed E-state index contributed by atoms with van der Waals surface area (Å²) in [7, 11) is 0. The predicted molar refractivity (Wildman–Crippen MR) is 81.5 cm³/mol. The van der Waals surface area contributed by atoms with Crippen molar-refractivity contribution in [3.63, 3.8) is 0 Å². The van der Waals surface area contributed by atoms with Gasteiger partial charge in [0.05, 0.1) is 6.04 Å². The largest absolute Gasteiger partial charge is 0.353 e. The second kappa shape index (κ2) is 6.48. The molecule has 0 saturated carbocycles. The van der Waals surface area contributed by atoms with Crippen LogP contribution in [0.3, 0.4) is 0 Å². The molecule has 1 aromatic rings. The van der Waals surface area contributed by atoms with Gasteiger partial charge >= 0.3 is 0 Å². The lowest BCUT2D eigenvalue weighted by Gasteiger charge is -2.34.